The van der Waals surface area contributed by atoms with E-state index in [9.17, 15) is 0 Å². The summed E-state index contributed by atoms with van der Waals surface area (Å²) in [6.45, 7) is 4.01. The van der Waals surface area contributed by atoms with Gasteiger partial charge in [0.25, 0.3) is 0 Å². The minimum atomic E-state index is -1.82. The van der Waals surface area contributed by atoms with Crippen LogP contribution in [-0.2, 0) is 22.7 Å². The van der Waals surface area contributed by atoms with Gasteiger partial charge in [-0.25, -0.2) is 9.59 Å². The number of nitrogens with one attached hydrogen (secondary N) is 1. The summed E-state index contributed by atoms with van der Waals surface area (Å²) in [7, 11) is 0. The largest absolute Gasteiger partial charge is 0.473 e. The molecule has 4 rings (SSSR count). The van der Waals surface area contributed by atoms with Gasteiger partial charge in [-0.2, -0.15) is 0 Å². The van der Waals surface area contributed by atoms with Crippen LogP contribution in [0.3, 0.4) is 0 Å². The smallest absolute Gasteiger partial charge is 0.414 e. The first kappa shape index (κ1) is 21.4. The molecule has 1 heterocycles. The van der Waals surface area contributed by atoms with Crippen molar-refractivity contribution >= 4 is 55.4 Å². The molecule has 7 heteroatoms. The van der Waals surface area contributed by atoms with Crippen molar-refractivity contribution < 1.29 is 19.8 Å². The number of carboxylic acids is 2. The van der Waals surface area contributed by atoms with Crippen LogP contribution in [0.2, 0.25) is 0 Å². The third kappa shape index (κ3) is 4.80. The highest BCUT2D eigenvalue weighted by atomic mass is 79.9. The van der Waals surface area contributed by atoms with Gasteiger partial charge in [0, 0.05) is 45.1 Å². The number of benzene rings is 3. The second-order valence-corrected chi connectivity index (χ2v) is 7.50. The number of carbonyl (C=O) groups is 2. The van der Waals surface area contributed by atoms with Crippen molar-refractivity contribution in [2.24, 2.45) is 0 Å². The van der Waals surface area contributed by atoms with E-state index in [1.54, 1.807) is 0 Å². The highest BCUT2D eigenvalue weighted by Gasteiger charge is 2.09. The van der Waals surface area contributed by atoms with Crippen LogP contribution in [0.15, 0.2) is 71.2 Å². The highest BCUT2D eigenvalue weighted by molar-refractivity contribution is 9.10. The molecule has 0 atom stereocenters. The molecule has 0 aliphatic heterocycles. The van der Waals surface area contributed by atoms with E-state index in [4.69, 9.17) is 19.8 Å². The molecule has 4 aromatic rings. The van der Waals surface area contributed by atoms with Gasteiger partial charge in [0.1, 0.15) is 0 Å². The number of aryl methyl sites for hydroxylation is 1. The van der Waals surface area contributed by atoms with E-state index < -0.39 is 11.9 Å². The standard InChI is InChI=1S/C21H19BrN2.C2H2O4/c1-2-24-20-6-4-3-5-18(20)19-13-15(7-12-21(19)24)14-23-17-10-8-16(22)9-11-17;3-1(4)2(5)6/h3-13,23H,2,14H2,1H3;(H,3,4)(H,5,6). The van der Waals surface area contributed by atoms with E-state index >= 15 is 0 Å². The van der Waals surface area contributed by atoms with Crippen LogP contribution in [-0.4, -0.2) is 26.7 Å². The maximum Gasteiger partial charge on any atom is 0.414 e. The van der Waals surface area contributed by atoms with Crippen molar-refractivity contribution in [3.8, 4) is 0 Å². The molecule has 0 aliphatic rings. The zero-order valence-corrected chi connectivity index (χ0v) is 17.9. The molecule has 0 amide bonds. The zero-order chi connectivity index (χ0) is 21.7. The number of fused-ring (bicyclic) bond motifs is 3. The molecule has 1 aromatic heterocycles. The Morgan fingerprint density at radius 2 is 1.53 bits per heavy atom. The molecular formula is C23H21BrN2O4. The summed E-state index contributed by atoms with van der Waals surface area (Å²) in [5, 5.41) is 20.9. The first-order chi connectivity index (χ1) is 14.4. The minimum absolute atomic E-state index is 0.823. The van der Waals surface area contributed by atoms with Crippen molar-refractivity contribution in [1.29, 1.82) is 0 Å². The molecule has 3 aromatic carbocycles. The summed E-state index contributed by atoms with van der Waals surface area (Å²) in [5.41, 5.74) is 5.05. The van der Waals surface area contributed by atoms with Gasteiger partial charge in [-0.15, -0.1) is 0 Å². The van der Waals surface area contributed by atoms with Gasteiger partial charge in [-0.05, 0) is 55.0 Å². The molecule has 0 bridgehead atoms. The predicted molar refractivity (Wildman–Crippen MR) is 122 cm³/mol. The quantitative estimate of drug-likeness (QED) is 0.351. The second-order valence-electron chi connectivity index (χ2n) is 6.58. The third-order valence-electron chi connectivity index (χ3n) is 4.68. The molecular weight excluding hydrogens is 448 g/mol. The van der Waals surface area contributed by atoms with Crippen molar-refractivity contribution in [3.63, 3.8) is 0 Å². The lowest BCUT2D eigenvalue weighted by Gasteiger charge is -2.08. The third-order valence-corrected chi connectivity index (χ3v) is 5.21. The maximum absolute atomic E-state index is 9.10. The predicted octanol–water partition coefficient (Wildman–Crippen LogP) is 5.34. The number of aliphatic carboxylic acids is 2. The number of halogens is 1. The van der Waals surface area contributed by atoms with Gasteiger partial charge in [-0.1, -0.05) is 40.2 Å². The van der Waals surface area contributed by atoms with Crippen LogP contribution < -0.4 is 5.32 Å². The fraction of sp³-hybridized carbons (Fsp3) is 0.130. The fourth-order valence-corrected chi connectivity index (χ4v) is 3.59. The number of rotatable bonds is 4. The molecule has 6 nitrogen and oxygen atoms in total. The van der Waals surface area contributed by atoms with E-state index in [0.29, 0.717) is 0 Å². The molecule has 0 aliphatic carbocycles. The van der Waals surface area contributed by atoms with E-state index in [1.165, 1.54) is 27.4 Å². The average molecular weight is 469 g/mol. The lowest BCUT2D eigenvalue weighted by molar-refractivity contribution is -0.159. The van der Waals surface area contributed by atoms with Crippen molar-refractivity contribution in [3.05, 3.63) is 76.8 Å². The summed E-state index contributed by atoms with van der Waals surface area (Å²) in [6, 6.07) is 23.7. The zero-order valence-electron chi connectivity index (χ0n) is 16.3. The van der Waals surface area contributed by atoms with Gasteiger partial charge in [0.2, 0.25) is 0 Å². The number of para-hydroxylation sites is 1. The normalized spacial score (nSPS) is 10.5. The molecule has 0 spiro atoms. The number of hydrogen-bond donors (Lipinski definition) is 3. The Labute approximate surface area is 181 Å². The van der Waals surface area contributed by atoms with E-state index in [2.05, 4.69) is 99.5 Å². The molecule has 0 unspecified atom stereocenters. The number of carboxylic acid groups (broad SMARTS) is 2. The number of anilines is 1. The second kappa shape index (κ2) is 9.45. The average Bonchev–Trinajstić information content (AvgIpc) is 3.07. The Hall–Kier alpha value is -3.32. The van der Waals surface area contributed by atoms with Crippen molar-refractivity contribution in [2.75, 3.05) is 5.32 Å². The first-order valence-corrected chi connectivity index (χ1v) is 10.2. The van der Waals surface area contributed by atoms with Gasteiger partial charge in [0.15, 0.2) is 0 Å². The SMILES string of the molecule is CCn1c2ccccc2c2cc(CNc3ccc(Br)cc3)ccc21.O=C(O)C(=O)O. The fourth-order valence-electron chi connectivity index (χ4n) is 3.32. The molecule has 0 saturated carbocycles. The van der Waals surface area contributed by atoms with Crippen LogP contribution in [0.4, 0.5) is 5.69 Å². The van der Waals surface area contributed by atoms with Crippen molar-refractivity contribution in [2.45, 2.75) is 20.0 Å². The monoisotopic (exact) mass is 468 g/mol. The number of nitrogens with zero attached hydrogens (tertiary/aromatic N) is 1. The Morgan fingerprint density at radius 3 is 2.17 bits per heavy atom. The summed E-state index contributed by atoms with van der Waals surface area (Å²) in [4.78, 5) is 18.2. The Kier molecular flexibility index (Phi) is 6.74. The van der Waals surface area contributed by atoms with E-state index in [1.807, 2.05) is 0 Å². The molecule has 0 saturated heterocycles. The lowest BCUT2D eigenvalue weighted by Crippen LogP contribution is -2.09. The number of aromatic nitrogens is 1. The summed E-state index contributed by atoms with van der Waals surface area (Å²) in [6.07, 6.45) is 0. The maximum atomic E-state index is 9.10. The minimum Gasteiger partial charge on any atom is -0.473 e. The Bertz CT molecular complexity index is 1190. The molecule has 154 valence electrons. The Balaban J connectivity index is 0.000000377. The van der Waals surface area contributed by atoms with E-state index in [-0.39, 0.29) is 0 Å². The van der Waals surface area contributed by atoms with Crippen molar-refractivity contribution in [1.82, 2.24) is 4.57 Å². The van der Waals surface area contributed by atoms with Crippen LogP contribution in [0, 0.1) is 0 Å². The lowest BCUT2D eigenvalue weighted by atomic mass is 10.1. The van der Waals surface area contributed by atoms with E-state index in [0.717, 1.165) is 23.2 Å². The van der Waals surface area contributed by atoms with Gasteiger partial charge in [-0.3, -0.25) is 0 Å². The van der Waals surface area contributed by atoms with Gasteiger partial charge >= 0.3 is 11.9 Å². The van der Waals surface area contributed by atoms with Crippen LogP contribution in [0.1, 0.15) is 12.5 Å². The van der Waals surface area contributed by atoms with Crippen LogP contribution >= 0.6 is 15.9 Å². The molecule has 0 fully saturated rings. The summed E-state index contributed by atoms with van der Waals surface area (Å²) < 4.78 is 3.48. The first-order valence-electron chi connectivity index (χ1n) is 9.36. The van der Waals surface area contributed by atoms with Crippen LogP contribution in [0.25, 0.3) is 21.8 Å². The Morgan fingerprint density at radius 1 is 0.900 bits per heavy atom. The molecule has 30 heavy (non-hydrogen) atoms. The summed E-state index contributed by atoms with van der Waals surface area (Å²) >= 11 is 3.47. The van der Waals surface area contributed by atoms with Gasteiger partial charge < -0.3 is 20.1 Å². The number of hydrogen-bond acceptors (Lipinski definition) is 3. The summed E-state index contributed by atoms with van der Waals surface area (Å²) in [5.74, 6) is -3.65. The van der Waals surface area contributed by atoms with Gasteiger partial charge in [0.05, 0.1) is 0 Å². The van der Waals surface area contributed by atoms with Crippen LogP contribution in [0.5, 0.6) is 0 Å². The molecule has 3 N–H and O–H groups in total. The molecule has 0 radical (unpaired) electrons. The topological polar surface area (TPSA) is 91.6 Å². The highest BCUT2D eigenvalue weighted by Crippen LogP contribution is 2.29.